The van der Waals surface area contributed by atoms with Crippen molar-refractivity contribution >= 4 is 17.7 Å². The van der Waals surface area contributed by atoms with E-state index in [1.165, 1.54) is 12.7 Å². The largest absolute Gasteiger partial charge is 0.469 e. The molecule has 20 heavy (non-hydrogen) atoms. The van der Waals surface area contributed by atoms with Gasteiger partial charge in [-0.1, -0.05) is 0 Å². The summed E-state index contributed by atoms with van der Waals surface area (Å²) in [5.74, 6) is 0.507. The molecular weight excluding hydrogens is 278 g/mol. The monoisotopic (exact) mass is 301 g/mol. The second-order valence-corrected chi connectivity index (χ2v) is 5.42. The van der Waals surface area contributed by atoms with Crippen molar-refractivity contribution in [1.82, 2.24) is 15.1 Å². The number of thioether (sulfide) groups is 1. The van der Waals surface area contributed by atoms with Gasteiger partial charge in [0.25, 0.3) is 0 Å². The number of carbonyl (C=O) groups excluding carboxylic acids is 1. The highest BCUT2D eigenvalue weighted by atomic mass is 32.2. The van der Waals surface area contributed by atoms with Gasteiger partial charge in [-0.25, -0.2) is 0 Å². The highest BCUT2D eigenvalue weighted by molar-refractivity contribution is 7.99. The molecule has 7 heteroatoms. The standard InChI is InChI=1S/C13H23N3O3S/c1-10-11(9-14-6-7-18-3)13(16(2)15-10)20-8-5-12(17)19-4/h14H,5-9H2,1-4H3. The Balaban J connectivity index is 2.57. The number of aromatic nitrogens is 2. The number of esters is 1. The molecule has 1 heterocycles. The van der Waals surface area contributed by atoms with Crippen molar-refractivity contribution < 1.29 is 14.3 Å². The van der Waals surface area contributed by atoms with Gasteiger partial charge < -0.3 is 14.8 Å². The van der Waals surface area contributed by atoms with Gasteiger partial charge in [-0.05, 0) is 6.92 Å². The minimum atomic E-state index is -0.184. The third-order valence-electron chi connectivity index (χ3n) is 2.85. The molecule has 0 fully saturated rings. The van der Waals surface area contributed by atoms with E-state index in [-0.39, 0.29) is 5.97 Å². The molecule has 1 rings (SSSR count). The van der Waals surface area contributed by atoms with Gasteiger partial charge >= 0.3 is 5.97 Å². The Morgan fingerprint density at radius 3 is 2.85 bits per heavy atom. The smallest absolute Gasteiger partial charge is 0.306 e. The Bertz CT molecular complexity index is 435. The Labute approximate surface area is 124 Å². The van der Waals surface area contributed by atoms with E-state index in [2.05, 4.69) is 15.2 Å². The van der Waals surface area contributed by atoms with Crippen molar-refractivity contribution in [3.63, 3.8) is 0 Å². The molecule has 1 aromatic heterocycles. The van der Waals surface area contributed by atoms with Crippen molar-refractivity contribution in [3.8, 4) is 0 Å². The van der Waals surface area contributed by atoms with E-state index in [4.69, 9.17) is 4.74 Å². The predicted molar refractivity (Wildman–Crippen MR) is 78.9 cm³/mol. The average molecular weight is 301 g/mol. The molecule has 0 aliphatic carbocycles. The zero-order chi connectivity index (χ0) is 15.0. The lowest BCUT2D eigenvalue weighted by Gasteiger charge is -2.07. The molecule has 0 aliphatic heterocycles. The van der Waals surface area contributed by atoms with Crippen molar-refractivity contribution in [1.29, 1.82) is 0 Å². The molecule has 0 atom stereocenters. The maximum absolute atomic E-state index is 11.1. The molecule has 0 aromatic carbocycles. The highest BCUT2D eigenvalue weighted by Gasteiger charge is 2.14. The van der Waals surface area contributed by atoms with E-state index in [0.717, 1.165) is 23.8 Å². The molecule has 6 nitrogen and oxygen atoms in total. The molecule has 0 spiro atoms. The molecule has 0 amide bonds. The summed E-state index contributed by atoms with van der Waals surface area (Å²) in [7, 11) is 5.02. The topological polar surface area (TPSA) is 65.4 Å². The summed E-state index contributed by atoms with van der Waals surface area (Å²) >= 11 is 1.63. The quantitative estimate of drug-likeness (QED) is 0.419. The minimum absolute atomic E-state index is 0.184. The maximum atomic E-state index is 11.1. The lowest BCUT2D eigenvalue weighted by atomic mass is 10.2. The lowest BCUT2D eigenvalue weighted by Crippen LogP contribution is -2.19. The van der Waals surface area contributed by atoms with E-state index >= 15 is 0 Å². The van der Waals surface area contributed by atoms with Crippen molar-refractivity contribution in [2.45, 2.75) is 24.9 Å². The summed E-state index contributed by atoms with van der Waals surface area (Å²) in [4.78, 5) is 11.1. The van der Waals surface area contributed by atoms with Crippen LogP contribution in [0.1, 0.15) is 17.7 Å². The van der Waals surface area contributed by atoms with Gasteiger partial charge in [0, 0.05) is 38.6 Å². The van der Waals surface area contributed by atoms with Gasteiger partial charge in [0.2, 0.25) is 0 Å². The molecule has 0 aliphatic rings. The molecule has 1 N–H and O–H groups in total. The van der Waals surface area contributed by atoms with Gasteiger partial charge in [0.15, 0.2) is 0 Å². The van der Waals surface area contributed by atoms with Crippen molar-refractivity contribution in [3.05, 3.63) is 11.3 Å². The van der Waals surface area contributed by atoms with Crippen LogP contribution < -0.4 is 5.32 Å². The number of carbonyl (C=O) groups is 1. The SMILES string of the molecule is COCCNCc1c(C)nn(C)c1SCCC(=O)OC. The van der Waals surface area contributed by atoms with Gasteiger partial charge in [-0.2, -0.15) is 5.10 Å². The Hall–Kier alpha value is -1.05. The van der Waals surface area contributed by atoms with Crippen LogP contribution in [0.3, 0.4) is 0 Å². The van der Waals surface area contributed by atoms with Crippen LogP contribution in [0.4, 0.5) is 0 Å². The molecule has 0 radical (unpaired) electrons. The van der Waals surface area contributed by atoms with Crippen LogP contribution in [0.25, 0.3) is 0 Å². The number of hydrogen-bond acceptors (Lipinski definition) is 6. The molecule has 0 saturated carbocycles. The number of ether oxygens (including phenoxy) is 2. The number of aryl methyl sites for hydroxylation is 2. The van der Waals surface area contributed by atoms with E-state index in [0.29, 0.717) is 18.8 Å². The normalized spacial score (nSPS) is 10.8. The number of hydrogen-bond donors (Lipinski definition) is 1. The highest BCUT2D eigenvalue weighted by Crippen LogP contribution is 2.25. The van der Waals surface area contributed by atoms with Crippen LogP contribution >= 0.6 is 11.8 Å². The Morgan fingerprint density at radius 2 is 2.20 bits per heavy atom. The number of nitrogens with one attached hydrogen (secondary N) is 1. The maximum Gasteiger partial charge on any atom is 0.306 e. The third-order valence-corrected chi connectivity index (χ3v) is 4.04. The van der Waals surface area contributed by atoms with Crippen LogP contribution in [-0.2, 0) is 27.9 Å². The Kier molecular flexibility index (Phi) is 7.64. The number of nitrogens with zero attached hydrogens (tertiary/aromatic N) is 2. The van der Waals surface area contributed by atoms with Gasteiger partial charge in [0.05, 0.1) is 30.9 Å². The first-order chi connectivity index (χ1) is 9.60. The molecule has 0 bridgehead atoms. The fourth-order valence-corrected chi connectivity index (χ4v) is 2.87. The van der Waals surface area contributed by atoms with Crippen LogP contribution in [0, 0.1) is 6.92 Å². The van der Waals surface area contributed by atoms with Gasteiger partial charge in [-0.3, -0.25) is 9.48 Å². The first-order valence-corrected chi connectivity index (χ1v) is 7.50. The van der Waals surface area contributed by atoms with Crippen LogP contribution in [0.15, 0.2) is 5.03 Å². The molecule has 114 valence electrons. The second-order valence-electron chi connectivity index (χ2n) is 4.34. The summed E-state index contributed by atoms with van der Waals surface area (Å²) < 4.78 is 11.5. The van der Waals surface area contributed by atoms with E-state index < -0.39 is 0 Å². The second kappa shape index (κ2) is 8.99. The fraction of sp³-hybridized carbons (Fsp3) is 0.692. The van der Waals surface area contributed by atoms with Crippen LogP contribution in [0.2, 0.25) is 0 Å². The first-order valence-electron chi connectivity index (χ1n) is 6.51. The summed E-state index contributed by atoms with van der Waals surface area (Å²) in [6, 6.07) is 0. The first kappa shape index (κ1) is 17.0. The summed E-state index contributed by atoms with van der Waals surface area (Å²) in [5, 5.41) is 8.85. The summed E-state index contributed by atoms with van der Waals surface area (Å²) in [5.41, 5.74) is 2.19. The van der Waals surface area contributed by atoms with E-state index in [1.54, 1.807) is 18.9 Å². The van der Waals surface area contributed by atoms with Crippen molar-refractivity contribution in [2.24, 2.45) is 7.05 Å². The zero-order valence-electron chi connectivity index (χ0n) is 12.6. The van der Waals surface area contributed by atoms with Gasteiger partial charge in [0.1, 0.15) is 0 Å². The summed E-state index contributed by atoms with van der Waals surface area (Å²) in [6.07, 6.45) is 0.405. The molecule has 0 saturated heterocycles. The lowest BCUT2D eigenvalue weighted by molar-refractivity contribution is -0.140. The van der Waals surface area contributed by atoms with Crippen LogP contribution in [0.5, 0.6) is 0 Å². The van der Waals surface area contributed by atoms with Crippen LogP contribution in [-0.4, -0.2) is 48.9 Å². The number of methoxy groups -OCH3 is 2. The Morgan fingerprint density at radius 1 is 1.45 bits per heavy atom. The van der Waals surface area contributed by atoms with E-state index in [1.807, 2.05) is 18.7 Å². The predicted octanol–water partition coefficient (Wildman–Crippen LogP) is 1.12. The average Bonchev–Trinajstić information content (AvgIpc) is 2.69. The number of rotatable bonds is 9. The molecular formula is C13H23N3O3S. The van der Waals surface area contributed by atoms with E-state index in [9.17, 15) is 4.79 Å². The fourth-order valence-electron chi connectivity index (χ4n) is 1.79. The summed E-state index contributed by atoms with van der Waals surface area (Å²) in [6.45, 7) is 4.24. The molecule has 0 unspecified atom stereocenters. The third kappa shape index (κ3) is 5.15. The van der Waals surface area contributed by atoms with Gasteiger partial charge in [-0.15, -0.1) is 11.8 Å². The van der Waals surface area contributed by atoms with Crippen molar-refractivity contribution in [2.75, 3.05) is 33.1 Å². The minimum Gasteiger partial charge on any atom is -0.469 e. The molecule has 1 aromatic rings. The zero-order valence-corrected chi connectivity index (χ0v) is 13.4.